The van der Waals surface area contributed by atoms with E-state index >= 15 is 0 Å². The van der Waals surface area contributed by atoms with Crippen LogP contribution in [0.15, 0.2) is 47.5 Å². The second-order valence-corrected chi connectivity index (χ2v) is 7.80. The van der Waals surface area contributed by atoms with Crippen LogP contribution in [0.1, 0.15) is 45.6 Å². The number of benzene rings is 2. The SMILES string of the molecule is CCOc1cc(C2N=C(NC#N)Nc3nc(N)c(C#N)c(N)c32)ccc1OC(=O)c1ccc(C)cc1. The largest absolute Gasteiger partial charge is 0.490 e. The Morgan fingerprint density at radius 1 is 1.17 bits per heavy atom. The monoisotopic (exact) mass is 482 g/mol. The first-order valence-electron chi connectivity index (χ1n) is 10.9. The van der Waals surface area contributed by atoms with Crippen LogP contribution in [0.3, 0.4) is 0 Å². The van der Waals surface area contributed by atoms with E-state index in [1.165, 1.54) is 0 Å². The Kier molecular flexibility index (Phi) is 6.57. The molecule has 0 saturated carbocycles. The molecular weight excluding hydrogens is 460 g/mol. The molecule has 0 radical (unpaired) electrons. The van der Waals surface area contributed by atoms with Gasteiger partial charge in [-0.05, 0) is 43.7 Å². The highest BCUT2D eigenvalue weighted by Gasteiger charge is 2.30. The summed E-state index contributed by atoms with van der Waals surface area (Å²) in [7, 11) is 0. The Labute approximate surface area is 207 Å². The summed E-state index contributed by atoms with van der Waals surface area (Å²) < 4.78 is 11.4. The highest BCUT2D eigenvalue weighted by Crippen LogP contribution is 2.42. The maximum Gasteiger partial charge on any atom is 0.343 e. The minimum Gasteiger partial charge on any atom is -0.490 e. The molecule has 0 saturated heterocycles. The van der Waals surface area contributed by atoms with Crippen molar-refractivity contribution in [1.82, 2.24) is 10.3 Å². The van der Waals surface area contributed by atoms with Crippen LogP contribution in [-0.2, 0) is 0 Å². The molecule has 180 valence electrons. The molecule has 0 fully saturated rings. The standard InChI is InChI=1S/C25H22N8O3/c1-3-35-18-10-15(8-9-17(18)36-24(34)14-6-4-13(2)5-7-14)21-19-20(28)16(11-26)22(29)32-23(19)33-25(31-21)30-12-27/h4-10,21H,3H2,1-2H3,(H6,28,29,30,31,32,33). The normalized spacial score (nSPS) is 13.8. The number of pyridine rings is 1. The van der Waals surface area contributed by atoms with Gasteiger partial charge in [0.15, 0.2) is 17.7 Å². The van der Waals surface area contributed by atoms with Gasteiger partial charge in [0.25, 0.3) is 0 Å². The van der Waals surface area contributed by atoms with Crippen molar-refractivity contribution in [3.63, 3.8) is 0 Å². The minimum atomic E-state index is -0.765. The van der Waals surface area contributed by atoms with Crippen LogP contribution in [0.5, 0.6) is 11.5 Å². The highest BCUT2D eigenvalue weighted by molar-refractivity contribution is 5.98. The first kappa shape index (κ1) is 23.9. The van der Waals surface area contributed by atoms with Gasteiger partial charge in [-0.15, -0.1) is 0 Å². The predicted octanol–water partition coefficient (Wildman–Crippen LogP) is 2.99. The summed E-state index contributed by atoms with van der Waals surface area (Å²) in [5, 5.41) is 23.9. The Morgan fingerprint density at radius 3 is 2.58 bits per heavy atom. The summed E-state index contributed by atoms with van der Waals surface area (Å²) in [6.45, 7) is 4.04. The summed E-state index contributed by atoms with van der Waals surface area (Å²) in [5.41, 5.74) is 14.8. The fraction of sp³-hybridized carbons (Fsp3) is 0.160. The van der Waals surface area contributed by atoms with Crippen molar-refractivity contribution < 1.29 is 14.3 Å². The molecule has 3 aromatic rings. The molecule has 11 heteroatoms. The van der Waals surface area contributed by atoms with Gasteiger partial charge in [0.2, 0.25) is 5.96 Å². The number of aliphatic imine (C=N–C) groups is 1. The van der Waals surface area contributed by atoms with E-state index in [1.54, 1.807) is 43.4 Å². The number of nitrogen functional groups attached to an aromatic ring is 2. The molecule has 4 rings (SSSR count). The van der Waals surface area contributed by atoms with Crippen molar-refractivity contribution in [3.05, 3.63) is 70.3 Å². The average molecular weight is 483 g/mol. The van der Waals surface area contributed by atoms with Crippen LogP contribution in [0.4, 0.5) is 17.3 Å². The molecule has 11 nitrogen and oxygen atoms in total. The van der Waals surface area contributed by atoms with Gasteiger partial charge < -0.3 is 26.3 Å². The second-order valence-electron chi connectivity index (χ2n) is 7.80. The summed E-state index contributed by atoms with van der Waals surface area (Å²) in [6, 6.07) is 13.2. The number of ether oxygens (including phenoxy) is 2. The summed E-state index contributed by atoms with van der Waals surface area (Å²) in [6.07, 6.45) is 1.81. The van der Waals surface area contributed by atoms with Gasteiger partial charge in [0.1, 0.15) is 29.3 Å². The summed E-state index contributed by atoms with van der Waals surface area (Å²) in [5.74, 6) is 0.334. The van der Waals surface area contributed by atoms with Crippen LogP contribution >= 0.6 is 0 Å². The number of rotatable bonds is 5. The lowest BCUT2D eigenvalue weighted by Crippen LogP contribution is -2.32. The fourth-order valence-electron chi connectivity index (χ4n) is 3.72. The molecule has 1 aliphatic rings. The molecule has 0 amide bonds. The maximum atomic E-state index is 12.7. The number of nitriles is 2. The highest BCUT2D eigenvalue weighted by atomic mass is 16.6. The maximum absolute atomic E-state index is 12.7. The van der Waals surface area contributed by atoms with Crippen LogP contribution in [-0.4, -0.2) is 23.5 Å². The van der Waals surface area contributed by atoms with Crippen molar-refractivity contribution in [2.45, 2.75) is 19.9 Å². The molecule has 1 aliphatic heterocycles. The van der Waals surface area contributed by atoms with Crippen LogP contribution in [0, 0.1) is 29.7 Å². The molecule has 6 N–H and O–H groups in total. The lowest BCUT2D eigenvalue weighted by molar-refractivity contribution is 0.0728. The molecule has 1 aromatic heterocycles. The van der Waals surface area contributed by atoms with Crippen molar-refractivity contribution in [2.24, 2.45) is 4.99 Å². The number of carbonyl (C=O) groups is 1. The molecule has 2 aromatic carbocycles. The van der Waals surface area contributed by atoms with E-state index < -0.39 is 12.0 Å². The Bertz CT molecular complexity index is 1450. The molecule has 0 bridgehead atoms. The van der Waals surface area contributed by atoms with Crippen LogP contribution in [0.2, 0.25) is 0 Å². The van der Waals surface area contributed by atoms with E-state index in [4.69, 9.17) is 26.2 Å². The number of esters is 1. The van der Waals surface area contributed by atoms with Gasteiger partial charge in [-0.1, -0.05) is 23.8 Å². The number of fused-ring (bicyclic) bond motifs is 1. The lowest BCUT2D eigenvalue weighted by Gasteiger charge is -2.26. The van der Waals surface area contributed by atoms with E-state index in [0.29, 0.717) is 29.0 Å². The number of anilines is 3. The number of hydrogen-bond donors (Lipinski definition) is 4. The molecule has 36 heavy (non-hydrogen) atoms. The lowest BCUT2D eigenvalue weighted by atomic mass is 9.95. The molecule has 1 atom stereocenters. The van der Waals surface area contributed by atoms with E-state index in [-0.39, 0.29) is 34.6 Å². The van der Waals surface area contributed by atoms with E-state index in [9.17, 15) is 10.1 Å². The number of nitrogens with zero attached hydrogens (tertiary/aromatic N) is 4. The van der Waals surface area contributed by atoms with E-state index in [0.717, 1.165) is 5.56 Å². The van der Waals surface area contributed by atoms with Crippen molar-refractivity contribution in [1.29, 1.82) is 10.5 Å². The minimum absolute atomic E-state index is 0.0288. The van der Waals surface area contributed by atoms with Crippen molar-refractivity contribution in [3.8, 4) is 23.8 Å². The third kappa shape index (κ3) is 4.54. The van der Waals surface area contributed by atoms with Gasteiger partial charge in [0, 0.05) is 5.56 Å². The quantitative estimate of drug-likeness (QED) is 0.182. The fourth-order valence-corrected chi connectivity index (χ4v) is 3.72. The molecule has 2 heterocycles. The summed E-state index contributed by atoms with van der Waals surface area (Å²) >= 11 is 0. The van der Waals surface area contributed by atoms with Crippen LogP contribution < -0.4 is 31.6 Å². The summed E-state index contributed by atoms with van der Waals surface area (Å²) in [4.78, 5) is 21.5. The average Bonchev–Trinajstić information content (AvgIpc) is 2.85. The van der Waals surface area contributed by atoms with Gasteiger partial charge >= 0.3 is 5.97 Å². The van der Waals surface area contributed by atoms with E-state index in [2.05, 4.69) is 20.6 Å². The Balaban J connectivity index is 1.77. The second kappa shape index (κ2) is 9.91. The number of nitrogens with one attached hydrogen (secondary N) is 2. The third-order valence-electron chi connectivity index (χ3n) is 5.43. The number of guanidine groups is 1. The van der Waals surface area contributed by atoms with Gasteiger partial charge in [-0.25, -0.2) is 14.8 Å². The molecule has 1 unspecified atom stereocenters. The topological polar surface area (TPSA) is 184 Å². The van der Waals surface area contributed by atoms with Gasteiger partial charge in [-0.3, -0.25) is 5.32 Å². The van der Waals surface area contributed by atoms with Gasteiger partial charge in [0.05, 0.1) is 17.9 Å². The zero-order chi connectivity index (χ0) is 25.8. The first-order chi connectivity index (χ1) is 17.4. The smallest absolute Gasteiger partial charge is 0.343 e. The predicted molar refractivity (Wildman–Crippen MR) is 133 cm³/mol. The number of hydrogen-bond acceptors (Lipinski definition) is 11. The molecular formula is C25H22N8O3. The molecule has 0 aliphatic carbocycles. The number of aryl methyl sites for hydroxylation is 1. The molecule has 0 spiro atoms. The third-order valence-corrected chi connectivity index (χ3v) is 5.43. The van der Waals surface area contributed by atoms with E-state index in [1.807, 2.05) is 25.1 Å². The number of nitrogens with two attached hydrogens (primary N) is 2. The zero-order valence-corrected chi connectivity index (χ0v) is 19.5. The number of aromatic nitrogens is 1. The Hall–Kier alpha value is -5.29. The van der Waals surface area contributed by atoms with Gasteiger partial charge in [-0.2, -0.15) is 10.5 Å². The number of carbonyl (C=O) groups excluding carboxylic acids is 1. The van der Waals surface area contributed by atoms with Crippen molar-refractivity contribution in [2.75, 3.05) is 23.4 Å². The Morgan fingerprint density at radius 2 is 1.92 bits per heavy atom. The van der Waals surface area contributed by atoms with Crippen molar-refractivity contribution >= 4 is 29.3 Å². The van der Waals surface area contributed by atoms with Crippen LogP contribution in [0.25, 0.3) is 0 Å². The first-order valence-corrected chi connectivity index (χ1v) is 10.9. The zero-order valence-electron chi connectivity index (χ0n) is 19.5.